The minimum atomic E-state index is -3.78. The summed E-state index contributed by atoms with van der Waals surface area (Å²) in [6, 6.07) is 10.8. The highest BCUT2D eigenvalue weighted by Crippen LogP contribution is 2.37. The lowest BCUT2D eigenvalue weighted by atomic mass is 10.2. The topological polar surface area (TPSA) is 88.2 Å². The first-order valence-electron chi connectivity index (χ1n) is 10.1. The average Bonchev–Trinajstić information content (AvgIpc) is 2.75. The highest BCUT2D eigenvalue weighted by molar-refractivity contribution is 7.89. The molecule has 4 rings (SSSR count). The maximum absolute atomic E-state index is 13.2. The molecule has 2 aliphatic rings. The van der Waals surface area contributed by atoms with Gasteiger partial charge in [0.25, 0.3) is 5.91 Å². The second-order valence-corrected chi connectivity index (χ2v) is 9.69. The highest BCUT2D eigenvalue weighted by Gasteiger charge is 2.32. The molecule has 8 nitrogen and oxygen atoms in total. The van der Waals surface area contributed by atoms with E-state index < -0.39 is 10.0 Å². The van der Waals surface area contributed by atoms with E-state index in [0.717, 1.165) is 17.9 Å². The summed E-state index contributed by atoms with van der Waals surface area (Å²) < 4.78 is 38.6. The number of hydrogen-bond donors (Lipinski definition) is 1. The van der Waals surface area contributed by atoms with Crippen LogP contribution in [0.1, 0.15) is 12.5 Å². The monoisotopic (exact) mass is 465 g/mol. The van der Waals surface area contributed by atoms with Gasteiger partial charge in [0, 0.05) is 38.8 Å². The number of sulfonamides is 1. The SMILES string of the molecule is CCOc1ccc(CN2CCN(S(=O)(=O)c3cc4c(cc3Cl)NC(=O)CO4)CC2)cc1. The third kappa shape index (κ3) is 4.79. The van der Waals surface area contributed by atoms with Crippen molar-refractivity contribution < 1.29 is 22.7 Å². The van der Waals surface area contributed by atoms with Crippen molar-refractivity contribution in [3.63, 3.8) is 0 Å². The molecule has 31 heavy (non-hydrogen) atoms. The molecular weight excluding hydrogens is 442 g/mol. The molecule has 2 heterocycles. The number of amides is 1. The molecule has 1 saturated heterocycles. The van der Waals surface area contributed by atoms with Crippen LogP contribution in [0.3, 0.4) is 0 Å². The molecule has 0 aromatic heterocycles. The van der Waals surface area contributed by atoms with E-state index in [-0.39, 0.29) is 22.4 Å². The Balaban J connectivity index is 1.41. The molecule has 0 atom stereocenters. The minimum absolute atomic E-state index is 0.0102. The first-order valence-corrected chi connectivity index (χ1v) is 11.9. The maximum atomic E-state index is 13.2. The van der Waals surface area contributed by atoms with E-state index in [9.17, 15) is 13.2 Å². The van der Waals surface area contributed by atoms with Gasteiger partial charge in [0.05, 0.1) is 17.3 Å². The summed E-state index contributed by atoms with van der Waals surface area (Å²) in [7, 11) is -3.78. The molecule has 0 saturated carbocycles. The van der Waals surface area contributed by atoms with Crippen molar-refractivity contribution >= 4 is 33.2 Å². The van der Waals surface area contributed by atoms with Crippen LogP contribution in [0.15, 0.2) is 41.3 Å². The summed E-state index contributed by atoms with van der Waals surface area (Å²) >= 11 is 6.25. The van der Waals surface area contributed by atoms with E-state index in [2.05, 4.69) is 10.2 Å². The zero-order valence-corrected chi connectivity index (χ0v) is 18.7. The van der Waals surface area contributed by atoms with Gasteiger partial charge in [-0.15, -0.1) is 0 Å². The third-order valence-corrected chi connectivity index (χ3v) is 7.62. The van der Waals surface area contributed by atoms with Crippen molar-refractivity contribution in [1.82, 2.24) is 9.21 Å². The number of hydrogen-bond acceptors (Lipinski definition) is 6. The Morgan fingerprint density at radius 3 is 2.52 bits per heavy atom. The summed E-state index contributed by atoms with van der Waals surface area (Å²) in [6.07, 6.45) is 0. The fourth-order valence-electron chi connectivity index (χ4n) is 3.66. The predicted octanol–water partition coefficient (Wildman–Crippen LogP) is 2.58. The summed E-state index contributed by atoms with van der Waals surface area (Å²) in [5, 5.41) is 2.68. The molecule has 1 amide bonds. The van der Waals surface area contributed by atoms with Crippen molar-refractivity contribution in [1.29, 1.82) is 0 Å². The van der Waals surface area contributed by atoms with Crippen molar-refractivity contribution in [2.24, 2.45) is 0 Å². The number of carbonyl (C=O) groups excluding carboxylic acids is 1. The number of nitrogens with one attached hydrogen (secondary N) is 1. The molecule has 2 aliphatic heterocycles. The van der Waals surface area contributed by atoms with Crippen LogP contribution in [0.25, 0.3) is 0 Å². The fraction of sp³-hybridized carbons (Fsp3) is 0.381. The van der Waals surface area contributed by atoms with Gasteiger partial charge in [-0.2, -0.15) is 4.31 Å². The van der Waals surface area contributed by atoms with Gasteiger partial charge in [0.1, 0.15) is 16.4 Å². The van der Waals surface area contributed by atoms with Crippen LogP contribution in [0, 0.1) is 0 Å². The predicted molar refractivity (Wildman–Crippen MR) is 117 cm³/mol. The van der Waals surface area contributed by atoms with Gasteiger partial charge >= 0.3 is 0 Å². The molecule has 0 spiro atoms. The summed E-state index contributed by atoms with van der Waals surface area (Å²) in [5.74, 6) is 0.840. The van der Waals surface area contributed by atoms with Gasteiger partial charge in [-0.05, 0) is 30.7 Å². The molecule has 0 aliphatic carbocycles. The Morgan fingerprint density at radius 2 is 1.84 bits per heavy atom. The van der Waals surface area contributed by atoms with Crippen LogP contribution in [-0.2, 0) is 21.4 Å². The molecule has 10 heteroatoms. The molecule has 0 unspecified atom stereocenters. The quantitative estimate of drug-likeness (QED) is 0.705. The first kappa shape index (κ1) is 21.9. The number of rotatable bonds is 6. The van der Waals surface area contributed by atoms with Crippen LogP contribution in [0.4, 0.5) is 5.69 Å². The van der Waals surface area contributed by atoms with Crippen molar-refractivity contribution in [3.8, 4) is 11.5 Å². The van der Waals surface area contributed by atoms with E-state index in [4.69, 9.17) is 21.1 Å². The third-order valence-electron chi connectivity index (χ3n) is 5.26. The van der Waals surface area contributed by atoms with E-state index in [0.29, 0.717) is 44.2 Å². The lowest BCUT2D eigenvalue weighted by Crippen LogP contribution is -2.48. The first-order chi connectivity index (χ1) is 14.9. The van der Waals surface area contributed by atoms with Crippen LogP contribution >= 0.6 is 11.6 Å². The largest absolute Gasteiger partial charge is 0.494 e. The Labute approximate surface area is 186 Å². The van der Waals surface area contributed by atoms with Crippen molar-refractivity contribution in [2.75, 3.05) is 44.7 Å². The zero-order valence-electron chi connectivity index (χ0n) is 17.1. The van der Waals surface area contributed by atoms with Gasteiger partial charge in [0.15, 0.2) is 6.61 Å². The Bertz CT molecular complexity index is 1070. The second-order valence-electron chi connectivity index (χ2n) is 7.37. The van der Waals surface area contributed by atoms with Gasteiger partial charge in [-0.1, -0.05) is 23.7 Å². The van der Waals surface area contributed by atoms with E-state index in [1.807, 2.05) is 31.2 Å². The van der Waals surface area contributed by atoms with E-state index in [1.54, 1.807) is 0 Å². The van der Waals surface area contributed by atoms with Crippen LogP contribution in [0.2, 0.25) is 5.02 Å². The molecular formula is C21H24ClN3O5S. The Hall–Kier alpha value is -2.33. The van der Waals surface area contributed by atoms with Crippen molar-refractivity contribution in [3.05, 3.63) is 47.0 Å². The number of carbonyl (C=O) groups is 1. The number of anilines is 1. The van der Waals surface area contributed by atoms with Crippen LogP contribution in [-0.4, -0.2) is 62.9 Å². The summed E-state index contributed by atoms with van der Waals surface area (Å²) in [6.45, 7) is 5.12. The second kappa shape index (κ2) is 9.04. The molecule has 1 fully saturated rings. The number of ether oxygens (including phenoxy) is 2. The van der Waals surface area contributed by atoms with Crippen LogP contribution < -0.4 is 14.8 Å². The summed E-state index contributed by atoms with van der Waals surface area (Å²) in [4.78, 5) is 13.7. The van der Waals surface area contributed by atoms with Gasteiger partial charge in [0.2, 0.25) is 10.0 Å². The zero-order chi connectivity index (χ0) is 22.0. The number of halogens is 1. The van der Waals surface area contributed by atoms with Gasteiger partial charge in [-0.3, -0.25) is 9.69 Å². The smallest absolute Gasteiger partial charge is 0.262 e. The number of nitrogens with zero attached hydrogens (tertiary/aromatic N) is 2. The molecule has 2 aromatic carbocycles. The Morgan fingerprint density at radius 1 is 1.13 bits per heavy atom. The summed E-state index contributed by atoms with van der Waals surface area (Å²) in [5.41, 5.74) is 1.53. The lowest BCUT2D eigenvalue weighted by molar-refractivity contribution is -0.118. The molecule has 1 N–H and O–H groups in total. The number of fused-ring (bicyclic) bond motifs is 1. The standard InChI is InChI=1S/C21H24ClN3O5S/c1-2-29-16-5-3-15(4-6-16)13-24-7-9-25(10-8-24)31(27,28)20-12-19-18(11-17(20)22)23-21(26)14-30-19/h3-6,11-12H,2,7-10,13-14H2,1H3,(H,23,26). The molecule has 0 bridgehead atoms. The van der Waals surface area contributed by atoms with E-state index in [1.165, 1.54) is 16.4 Å². The number of benzene rings is 2. The molecule has 166 valence electrons. The highest BCUT2D eigenvalue weighted by atomic mass is 35.5. The lowest BCUT2D eigenvalue weighted by Gasteiger charge is -2.34. The average molecular weight is 466 g/mol. The Kier molecular flexibility index (Phi) is 6.38. The number of piperazine rings is 1. The van der Waals surface area contributed by atoms with Gasteiger partial charge < -0.3 is 14.8 Å². The van der Waals surface area contributed by atoms with Crippen molar-refractivity contribution in [2.45, 2.75) is 18.4 Å². The minimum Gasteiger partial charge on any atom is -0.494 e. The maximum Gasteiger partial charge on any atom is 0.262 e. The molecule has 2 aromatic rings. The normalized spacial score (nSPS) is 17.5. The fourth-order valence-corrected chi connectivity index (χ4v) is 5.60. The molecule has 0 radical (unpaired) electrons. The van der Waals surface area contributed by atoms with Gasteiger partial charge in [-0.25, -0.2) is 8.42 Å². The van der Waals surface area contributed by atoms with E-state index >= 15 is 0 Å². The van der Waals surface area contributed by atoms with Crippen LogP contribution in [0.5, 0.6) is 11.5 Å².